The van der Waals surface area contributed by atoms with Crippen LogP contribution in [0.4, 0.5) is 0 Å². The maximum atomic E-state index is 12.1. The minimum absolute atomic E-state index is 0.583. The van der Waals surface area contributed by atoms with Crippen LogP contribution >= 0.6 is 0 Å². The van der Waals surface area contributed by atoms with Gasteiger partial charge in [0.2, 0.25) is 0 Å². The summed E-state index contributed by atoms with van der Waals surface area (Å²) in [4.78, 5) is 14.0. The number of benzene rings is 2. The Kier molecular flexibility index (Phi) is 5.81. The van der Waals surface area contributed by atoms with Crippen molar-refractivity contribution in [3.8, 4) is 11.5 Å². The van der Waals surface area contributed by atoms with Crippen molar-refractivity contribution in [2.45, 2.75) is 19.4 Å². The summed E-state index contributed by atoms with van der Waals surface area (Å²) in [5, 5.41) is 9.88. The number of hydrogen-bond acceptors (Lipinski definition) is 4. The molecule has 2 aromatic carbocycles. The third kappa shape index (κ3) is 4.31. The zero-order valence-electron chi connectivity index (χ0n) is 15.9. The molecule has 1 aliphatic rings. The Morgan fingerprint density at radius 1 is 1.11 bits per heavy atom. The molecular weight excluding hydrogens is 342 g/mol. The van der Waals surface area contributed by atoms with E-state index >= 15 is 0 Å². The fourth-order valence-corrected chi connectivity index (χ4v) is 3.52. The summed E-state index contributed by atoms with van der Waals surface area (Å²) in [7, 11) is 3.12. The number of carbonyl (C=O) groups is 1. The molecule has 0 aliphatic carbocycles. The molecule has 5 heteroatoms. The first-order valence-corrected chi connectivity index (χ1v) is 8.97. The number of aliphatic carboxylic acids is 1. The van der Waals surface area contributed by atoms with Gasteiger partial charge in [-0.05, 0) is 42.2 Å². The molecule has 5 nitrogen and oxygen atoms in total. The summed E-state index contributed by atoms with van der Waals surface area (Å²) in [6.45, 7) is 3.34. The van der Waals surface area contributed by atoms with Gasteiger partial charge in [0.1, 0.15) is 17.5 Å². The van der Waals surface area contributed by atoms with Crippen LogP contribution in [0.1, 0.15) is 29.2 Å². The molecule has 0 saturated carbocycles. The van der Waals surface area contributed by atoms with Crippen LogP contribution in [0, 0.1) is 6.92 Å². The van der Waals surface area contributed by atoms with E-state index in [0.29, 0.717) is 30.2 Å². The van der Waals surface area contributed by atoms with Crippen LogP contribution < -0.4 is 9.47 Å². The van der Waals surface area contributed by atoms with E-state index in [2.05, 4.69) is 37.3 Å². The Hall–Kier alpha value is -2.79. The normalized spacial score (nSPS) is 15.7. The molecule has 0 amide bonds. The SMILES string of the molecule is COc1cc(OC)cc(C(C(=O)O)N2CC=C(c3cccc(C)c3)CC2)c1. The molecular formula is C22H25NO4. The number of nitrogens with zero attached hydrogens (tertiary/aromatic N) is 1. The van der Waals surface area contributed by atoms with Crippen LogP contribution in [-0.4, -0.2) is 43.3 Å². The van der Waals surface area contributed by atoms with Crippen LogP contribution in [0.5, 0.6) is 11.5 Å². The number of ether oxygens (including phenoxy) is 2. The topological polar surface area (TPSA) is 59.0 Å². The van der Waals surface area contributed by atoms with Crippen LogP contribution in [0.15, 0.2) is 48.5 Å². The minimum Gasteiger partial charge on any atom is -0.497 e. The lowest BCUT2D eigenvalue weighted by molar-refractivity contribution is -0.143. The smallest absolute Gasteiger partial charge is 0.325 e. The molecule has 1 aliphatic heterocycles. The zero-order chi connectivity index (χ0) is 19.4. The molecule has 0 fully saturated rings. The van der Waals surface area contributed by atoms with Crippen LogP contribution in [-0.2, 0) is 4.79 Å². The summed E-state index contributed by atoms with van der Waals surface area (Å²) >= 11 is 0. The Bertz CT molecular complexity index is 837. The first kappa shape index (κ1) is 19.0. The molecule has 0 bridgehead atoms. The van der Waals surface area contributed by atoms with E-state index in [1.165, 1.54) is 16.7 Å². The molecule has 0 aromatic heterocycles. The predicted octanol–water partition coefficient (Wildman–Crippen LogP) is 3.93. The lowest BCUT2D eigenvalue weighted by atomic mass is 9.96. The van der Waals surface area contributed by atoms with Crippen LogP contribution in [0.3, 0.4) is 0 Å². The first-order valence-electron chi connectivity index (χ1n) is 8.97. The molecule has 1 heterocycles. The highest BCUT2D eigenvalue weighted by Gasteiger charge is 2.29. The number of rotatable bonds is 6. The number of hydrogen-bond donors (Lipinski definition) is 1. The van der Waals surface area contributed by atoms with Gasteiger partial charge in [0, 0.05) is 19.2 Å². The third-order valence-corrected chi connectivity index (χ3v) is 4.92. The maximum Gasteiger partial charge on any atom is 0.325 e. The molecule has 1 N–H and O–H groups in total. The largest absolute Gasteiger partial charge is 0.497 e. The summed E-state index contributed by atoms with van der Waals surface area (Å²) in [5.41, 5.74) is 4.36. The van der Waals surface area contributed by atoms with E-state index in [1.54, 1.807) is 32.4 Å². The Labute approximate surface area is 159 Å². The summed E-state index contributed by atoms with van der Waals surface area (Å²) in [6.07, 6.45) is 2.94. The van der Waals surface area contributed by atoms with Crippen LogP contribution in [0.25, 0.3) is 5.57 Å². The Balaban J connectivity index is 1.86. The van der Waals surface area contributed by atoms with Crippen molar-refractivity contribution >= 4 is 11.5 Å². The fourth-order valence-electron chi connectivity index (χ4n) is 3.52. The number of methoxy groups -OCH3 is 2. The Morgan fingerprint density at radius 3 is 2.33 bits per heavy atom. The average Bonchev–Trinajstić information content (AvgIpc) is 2.68. The first-order chi connectivity index (χ1) is 13.0. The van der Waals surface area contributed by atoms with Crippen molar-refractivity contribution in [2.24, 2.45) is 0 Å². The second-order valence-electron chi connectivity index (χ2n) is 6.73. The molecule has 142 valence electrons. The van der Waals surface area contributed by atoms with Gasteiger partial charge in [0.05, 0.1) is 14.2 Å². The molecule has 27 heavy (non-hydrogen) atoms. The fraction of sp³-hybridized carbons (Fsp3) is 0.318. The van der Waals surface area contributed by atoms with Gasteiger partial charge >= 0.3 is 5.97 Å². The summed E-state index contributed by atoms with van der Waals surface area (Å²) in [6, 6.07) is 12.9. The summed E-state index contributed by atoms with van der Waals surface area (Å²) < 4.78 is 10.6. The maximum absolute atomic E-state index is 12.1. The van der Waals surface area contributed by atoms with Crippen molar-refractivity contribution in [1.29, 1.82) is 0 Å². The molecule has 0 radical (unpaired) electrons. The van der Waals surface area contributed by atoms with E-state index in [4.69, 9.17) is 9.47 Å². The number of carboxylic acid groups (broad SMARTS) is 1. The molecule has 0 spiro atoms. The van der Waals surface area contributed by atoms with Crippen molar-refractivity contribution < 1.29 is 19.4 Å². The molecule has 1 unspecified atom stereocenters. The zero-order valence-corrected chi connectivity index (χ0v) is 15.9. The Morgan fingerprint density at radius 2 is 1.81 bits per heavy atom. The summed E-state index contributed by atoms with van der Waals surface area (Å²) in [5.74, 6) is 0.296. The van der Waals surface area contributed by atoms with E-state index in [9.17, 15) is 9.90 Å². The number of carboxylic acids is 1. The minimum atomic E-state index is -0.877. The van der Waals surface area contributed by atoms with Crippen molar-refractivity contribution in [1.82, 2.24) is 4.90 Å². The van der Waals surface area contributed by atoms with E-state index in [0.717, 1.165) is 6.42 Å². The van der Waals surface area contributed by atoms with Gasteiger partial charge in [-0.2, -0.15) is 0 Å². The molecule has 2 aromatic rings. The molecule has 0 saturated heterocycles. The third-order valence-electron chi connectivity index (χ3n) is 4.92. The van der Waals surface area contributed by atoms with Gasteiger partial charge in [0.25, 0.3) is 0 Å². The number of aryl methyl sites for hydroxylation is 1. The van der Waals surface area contributed by atoms with Crippen molar-refractivity contribution in [3.05, 3.63) is 65.2 Å². The van der Waals surface area contributed by atoms with Gasteiger partial charge in [-0.25, -0.2) is 0 Å². The lowest BCUT2D eigenvalue weighted by Crippen LogP contribution is -2.37. The highest BCUT2D eigenvalue weighted by Crippen LogP contribution is 2.32. The van der Waals surface area contributed by atoms with Crippen LogP contribution in [0.2, 0.25) is 0 Å². The van der Waals surface area contributed by atoms with E-state index < -0.39 is 12.0 Å². The van der Waals surface area contributed by atoms with Gasteiger partial charge < -0.3 is 14.6 Å². The average molecular weight is 367 g/mol. The van der Waals surface area contributed by atoms with Gasteiger partial charge in [-0.15, -0.1) is 0 Å². The van der Waals surface area contributed by atoms with Gasteiger partial charge in [-0.3, -0.25) is 9.69 Å². The van der Waals surface area contributed by atoms with E-state index in [1.807, 2.05) is 4.90 Å². The van der Waals surface area contributed by atoms with E-state index in [-0.39, 0.29) is 0 Å². The van der Waals surface area contributed by atoms with Crippen molar-refractivity contribution in [3.63, 3.8) is 0 Å². The monoisotopic (exact) mass is 367 g/mol. The van der Waals surface area contributed by atoms with Gasteiger partial charge in [0.15, 0.2) is 0 Å². The standard InChI is InChI=1S/C22H25NO4/c1-15-5-4-6-17(11-15)16-7-9-23(10-8-16)21(22(24)25)18-12-19(26-2)14-20(13-18)27-3/h4-7,11-14,21H,8-10H2,1-3H3,(H,24,25). The van der Waals surface area contributed by atoms with Gasteiger partial charge in [-0.1, -0.05) is 35.9 Å². The lowest BCUT2D eigenvalue weighted by Gasteiger charge is -2.32. The van der Waals surface area contributed by atoms with Crippen molar-refractivity contribution in [2.75, 3.05) is 27.3 Å². The second-order valence-corrected chi connectivity index (χ2v) is 6.73. The highest BCUT2D eigenvalue weighted by molar-refractivity contribution is 5.76. The second kappa shape index (κ2) is 8.27. The predicted molar refractivity (Wildman–Crippen MR) is 105 cm³/mol. The molecule has 3 rings (SSSR count). The molecule has 1 atom stereocenters. The highest BCUT2D eigenvalue weighted by atomic mass is 16.5. The quantitative estimate of drug-likeness (QED) is 0.838.